The maximum Gasteiger partial charge on any atom is 0.191 e. The van der Waals surface area contributed by atoms with Crippen molar-refractivity contribution in [3.8, 4) is 0 Å². The van der Waals surface area contributed by atoms with Crippen molar-refractivity contribution in [2.45, 2.75) is 39.2 Å². The van der Waals surface area contributed by atoms with Crippen LogP contribution in [0.5, 0.6) is 0 Å². The standard InChI is InChI=1S/C14H30N4O2S.HI/c1-4-15-14(16-9-7-11-21(3,19)20)17-12-13-8-6-10-18(13)5-2;/h13H,4-12H2,1-3H3,(H2,15,16,17);1H. The molecule has 2 N–H and O–H groups in total. The molecule has 1 atom stereocenters. The number of aliphatic imine (C=N–C) groups is 1. The monoisotopic (exact) mass is 446 g/mol. The van der Waals surface area contributed by atoms with Crippen molar-refractivity contribution in [3.63, 3.8) is 0 Å². The Morgan fingerprint density at radius 3 is 2.64 bits per heavy atom. The summed E-state index contributed by atoms with van der Waals surface area (Å²) >= 11 is 0. The van der Waals surface area contributed by atoms with E-state index in [2.05, 4.69) is 27.4 Å². The molecule has 1 saturated heterocycles. The number of nitrogens with zero attached hydrogens (tertiary/aromatic N) is 2. The van der Waals surface area contributed by atoms with E-state index in [0.717, 1.165) is 25.6 Å². The first-order valence-corrected chi connectivity index (χ1v) is 9.96. The second kappa shape index (κ2) is 11.4. The maximum absolute atomic E-state index is 11.1. The fourth-order valence-corrected chi connectivity index (χ4v) is 3.27. The molecule has 1 unspecified atom stereocenters. The summed E-state index contributed by atoms with van der Waals surface area (Å²) in [5, 5.41) is 6.41. The third kappa shape index (κ3) is 9.14. The molecule has 0 amide bonds. The Balaban J connectivity index is 0.00000441. The van der Waals surface area contributed by atoms with Gasteiger partial charge in [-0.25, -0.2) is 8.42 Å². The molecule has 8 heteroatoms. The van der Waals surface area contributed by atoms with Gasteiger partial charge in [0.25, 0.3) is 0 Å². The van der Waals surface area contributed by atoms with Gasteiger partial charge in [0.05, 0.1) is 12.3 Å². The quantitative estimate of drug-likeness (QED) is 0.253. The molecular formula is C14H31IN4O2S. The lowest BCUT2D eigenvalue weighted by Crippen LogP contribution is -2.40. The first-order chi connectivity index (χ1) is 9.96. The van der Waals surface area contributed by atoms with E-state index >= 15 is 0 Å². The van der Waals surface area contributed by atoms with E-state index < -0.39 is 9.84 Å². The highest BCUT2D eigenvalue weighted by Gasteiger charge is 2.22. The summed E-state index contributed by atoms with van der Waals surface area (Å²) < 4.78 is 22.2. The van der Waals surface area contributed by atoms with Gasteiger partial charge < -0.3 is 10.6 Å². The lowest BCUT2D eigenvalue weighted by molar-refractivity contribution is 0.273. The minimum atomic E-state index is -2.88. The van der Waals surface area contributed by atoms with Gasteiger partial charge >= 0.3 is 0 Å². The van der Waals surface area contributed by atoms with Crippen LogP contribution in [0.25, 0.3) is 0 Å². The van der Waals surface area contributed by atoms with Gasteiger partial charge in [-0.05, 0) is 39.3 Å². The second-order valence-corrected chi connectivity index (χ2v) is 7.81. The van der Waals surface area contributed by atoms with Gasteiger partial charge in [0, 0.05) is 25.4 Å². The molecule has 0 bridgehead atoms. The third-order valence-corrected chi connectivity index (χ3v) is 4.72. The number of likely N-dealkylation sites (tertiary alicyclic amines) is 1. The summed E-state index contributed by atoms with van der Waals surface area (Å²) in [5.41, 5.74) is 0. The number of guanidine groups is 1. The molecule has 0 aromatic rings. The molecule has 132 valence electrons. The number of sulfone groups is 1. The Bertz CT molecular complexity index is 429. The lowest BCUT2D eigenvalue weighted by Gasteiger charge is -2.21. The molecule has 0 spiro atoms. The lowest BCUT2D eigenvalue weighted by atomic mass is 10.2. The molecule has 1 heterocycles. The third-order valence-electron chi connectivity index (χ3n) is 3.69. The number of halogens is 1. The Hall–Kier alpha value is -0.0900. The number of likely N-dealkylation sites (N-methyl/N-ethyl adjacent to an activating group) is 1. The smallest absolute Gasteiger partial charge is 0.191 e. The molecule has 0 aliphatic carbocycles. The minimum Gasteiger partial charge on any atom is -0.357 e. The first-order valence-electron chi connectivity index (χ1n) is 7.90. The normalized spacial score (nSPS) is 19.8. The molecular weight excluding hydrogens is 415 g/mol. The zero-order valence-electron chi connectivity index (χ0n) is 14.0. The summed E-state index contributed by atoms with van der Waals surface area (Å²) in [7, 11) is -2.88. The van der Waals surface area contributed by atoms with Crippen molar-refractivity contribution < 1.29 is 8.42 Å². The van der Waals surface area contributed by atoms with Crippen LogP contribution in [0.15, 0.2) is 4.99 Å². The highest BCUT2D eigenvalue weighted by Crippen LogP contribution is 2.16. The van der Waals surface area contributed by atoms with Gasteiger partial charge in [-0.15, -0.1) is 24.0 Å². The maximum atomic E-state index is 11.1. The summed E-state index contributed by atoms with van der Waals surface area (Å²) in [6.45, 7) is 8.71. The van der Waals surface area contributed by atoms with Crippen LogP contribution in [-0.4, -0.2) is 70.1 Å². The van der Waals surface area contributed by atoms with Crippen molar-refractivity contribution >= 4 is 39.8 Å². The largest absolute Gasteiger partial charge is 0.357 e. The zero-order valence-corrected chi connectivity index (χ0v) is 17.1. The van der Waals surface area contributed by atoms with E-state index in [-0.39, 0.29) is 29.7 Å². The second-order valence-electron chi connectivity index (χ2n) is 5.55. The minimum absolute atomic E-state index is 0. The number of hydrogen-bond acceptors (Lipinski definition) is 4. The SMILES string of the molecule is CCNC(=NCC1CCCN1CC)NCCCS(C)(=O)=O.I. The fourth-order valence-electron chi connectivity index (χ4n) is 2.60. The topological polar surface area (TPSA) is 73.8 Å². The van der Waals surface area contributed by atoms with Crippen LogP contribution >= 0.6 is 24.0 Å². The predicted molar refractivity (Wildman–Crippen MR) is 104 cm³/mol. The van der Waals surface area contributed by atoms with Gasteiger partial charge in [-0.1, -0.05) is 6.92 Å². The fraction of sp³-hybridized carbons (Fsp3) is 0.929. The van der Waals surface area contributed by atoms with Crippen LogP contribution in [0, 0.1) is 0 Å². The van der Waals surface area contributed by atoms with Gasteiger partial charge in [-0.3, -0.25) is 9.89 Å². The van der Waals surface area contributed by atoms with Crippen LogP contribution in [0.1, 0.15) is 33.1 Å². The predicted octanol–water partition coefficient (Wildman–Crippen LogP) is 1.08. The van der Waals surface area contributed by atoms with Crippen LogP contribution < -0.4 is 10.6 Å². The molecule has 1 aliphatic heterocycles. The van der Waals surface area contributed by atoms with Gasteiger partial charge in [0.1, 0.15) is 9.84 Å². The van der Waals surface area contributed by atoms with E-state index in [9.17, 15) is 8.42 Å². The van der Waals surface area contributed by atoms with E-state index in [1.54, 1.807) is 0 Å². The average molecular weight is 446 g/mol. The first kappa shape index (κ1) is 21.9. The Morgan fingerprint density at radius 2 is 2.05 bits per heavy atom. The van der Waals surface area contributed by atoms with E-state index in [1.807, 2.05) is 6.92 Å². The van der Waals surface area contributed by atoms with Gasteiger partial charge in [0.2, 0.25) is 0 Å². The number of hydrogen-bond donors (Lipinski definition) is 2. The van der Waals surface area contributed by atoms with E-state index in [0.29, 0.717) is 19.0 Å². The highest BCUT2D eigenvalue weighted by atomic mass is 127. The van der Waals surface area contributed by atoms with Crippen molar-refractivity contribution in [1.29, 1.82) is 0 Å². The van der Waals surface area contributed by atoms with Crippen LogP contribution in [0.3, 0.4) is 0 Å². The summed E-state index contributed by atoms with van der Waals surface area (Å²) in [5.74, 6) is 1.000. The Labute approximate surface area is 152 Å². The molecule has 22 heavy (non-hydrogen) atoms. The molecule has 0 radical (unpaired) electrons. The molecule has 6 nitrogen and oxygen atoms in total. The van der Waals surface area contributed by atoms with Crippen LogP contribution in [-0.2, 0) is 9.84 Å². The Kier molecular flexibility index (Phi) is 11.4. The van der Waals surface area contributed by atoms with Crippen LogP contribution in [0.4, 0.5) is 0 Å². The highest BCUT2D eigenvalue weighted by molar-refractivity contribution is 14.0. The zero-order chi connectivity index (χ0) is 15.7. The van der Waals surface area contributed by atoms with Crippen molar-refractivity contribution in [2.24, 2.45) is 4.99 Å². The Morgan fingerprint density at radius 1 is 1.32 bits per heavy atom. The van der Waals surface area contributed by atoms with E-state index in [1.165, 1.54) is 25.6 Å². The van der Waals surface area contributed by atoms with Crippen molar-refractivity contribution in [2.75, 3.05) is 44.7 Å². The average Bonchev–Trinajstić information content (AvgIpc) is 2.87. The molecule has 1 rings (SSSR count). The number of nitrogens with one attached hydrogen (secondary N) is 2. The van der Waals surface area contributed by atoms with Gasteiger partial charge in [0.15, 0.2) is 5.96 Å². The summed E-state index contributed by atoms with van der Waals surface area (Å²) in [6, 6.07) is 0.543. The molecule has 0 aromatic heterocycles. The van der Waals surface area contributed by atoms with Crippen LogP contribution in [0.2, 0.25) is 0 Å². The summed E-state index contributed by atoms with van der Waals surface area (Å²) in [6.07, 6.45) is 4.34. The number of rotatable bonds is 8. The van der Waals surface area contributed by atoms with Crippen molar-refractivity contribution in [1.82, 2.24) is 15.5 Å². The van der Waals surface area contributed by atoms with Crippen molar-refractivity contribution in [3.05, 3.63) is 0 Å². The molecule has 1 aliphatic rings. The van der Waals surface area contributed by atoms with E-state index in [4.69, 9.17) is 0 Å². The van der Waals surface area contributed by atoms with Gasteiger partial charge in [-0.2, -0.15) is 0 Å². The molecule has 1 fully saturated rings. The summed E-state index contributed by atoms with van der Waals surface area (Å²) in [4.78, 5) is 7.10. The molecule has 0 saturated carbocycles. The molecule has 0 aromatic carbocycles.